The van der Waals surface area contributed by atoms with Gasteiger partial charge in [0.15, 0.2) is 0 Å². The minimum Gasteiger partial charge on any atom is -0.395 e. The first kappa shape index (κ1) is 16.2. The first-order valence-electron chi connectivity index (χ1n) is 5.83. The summed E-state index contributed by atoms with van der Waals surface area (Å²) in [5.74, 6) is 5.27. The summed E-state index contributed by atoms with van der Waals surface area (Å²) in [4.78, 5) is 11.5. The molecule has 0 saturated heterocycles. The van der Waals surface area contributed by atoms with Crippen molar-refractivity contribution in [1.29, 1.82) is 0 Å². The van der Waals surface area contributed by atoms with Gasteiger partial charge < -0.3 is 10.5 Å². The molecule has 0 bridgehead atoms. The standard InChI is InChI=1S/C11H16F2N4O3/c12-10(13)7-16(4-5-18)6-8-2-1-3-9(17(19)20)11(8)15-14/h1-3,10,15,18H,4-7,14H2. The van der Waals surface area contributed by atoms with Gasteiger partial charge in [0.2, 0.25) is 0 Å². The van der Waals surface area contributed by atoms with E-state index in [-0.39, 0.29) is 31.1 Å². The van der Waals surface area contributed by atoms with Gasteiger partial charge in [0, 0.05) is 19.2 Å². The third kappa shape index (κ3) is 4.37. The summed E-state index contributed by atoms with van der Waals surface area (Å²) in [7, 11) is 0. The molecule has 1 rings (SSSR count). The van der Waals surface area contributed by atoms with Crippen LogP contribution >= 0.6 is 0 Å². The molecular weight excluding hydrogens is 274 g/mol. The fraction of sp³-hybridized carbons (Fsp3) is 0.455. The Bertz CT molecular complexity index is 459. The number of aliphatic hydroxyl groups excluding tert-OH is 1. The van der Waals surface area contributed by atoms with Gasteiger partial charge in [-0.1, -0.05) is 12.1 Å². The van der Waals surface area contributed by atoms with Crippen molar-refractivity contribution in [2.75, 3.05) is 25.1 Å². The van der Waals surface area contributed by atoms with E-state index in [2.05, 4.69) is 5.43 Å². The molecule has 0 spiro atoms. The third-order valence-electron chi connectivity index (χ3n) is 2.68. The molecule has 0 aliphatic rings. The predicted molar refractivity (Wildman–Crippen MR) is 69.3 cm³/mol. The van der Waals surface area contributed by atoms with E-state index in [1.807, 2.05) is 0 Å². The maximum atomic E-state index is 12.4. The number of nitro groups is 1. The number of alkyl halides is 2. The van der Waals surface area contributed by atoms with E-state index in [0.717, 1.165) is 0 Å². The van der Waals surface area contributed by atoms with Crippen LogP contribution in [0.25, 0.3) is 0 Å². The molecule has 0 aliphatic heterocycles. The first-order valence-corrected chi connectivity index (χ1v) is 5.83. The molecule has 0 fully saturated rings. The average Bonchev–Trinajstić information content (AvgIpc) is 2.37. The summed E-state index contributed by atoms with van der Waals surface area (Å²) in [5, 5.41) is 19.7. The number of nitrogen functional groups attached to an aromatic ring is 1. The quantitative estimate of drug-likeness (QED) is 0.374. The van der Waals surface area contributed by atoms with Crippen LogP contribution in [0.15, 0.2) is 18.2 Å². The lowest BCUT2D eigenvalue weighted by molar-refractivity contribution is -0.384. The molecular formula is C11H16F2N4O3. The van der Waals surface area contributed by atoms with Crippen molar-refractivity contribution in [1.82, 2.24) is 4.90 Å². The molecule has 0 atom stereocenters. The number of halogens is 2. The number of para-hydroxylation sites is 1. The van der Waals surface area contributed by atoms with Crippen LogP contribution in [-0.2, 0) is 6.54 Å². The smallest absolute Gasteiger partial charge is 0.293 e. The predicted octanol–water partition coefficient (Wildman–Crippen LogP) is 0.940. The Morgan fingerprint density at radius 1 is 1.50 bits per heavy atom. The number of rotatable bonds is 8. The van der Waals surface area contributed by atoms with Gasteiger partial charge in [-0.15, -0.1) is 0 Å². The molecule has 9 heteroatoms. The highest BCUT2D eigenvalue weighted by Crippen LogP contribution is 2.28. The van der Waals surface area contributed by atoms with E-state index < -0.39 is 17.9 Å². The molecule has 0 amide bonds. The first-order chi connectivity index (χ1) is 9.49. The second kappa shape index (κ2) is 7.68. The molecule has 20 heavy (non-hydrogen) atoms. The molecule has 0 aromatic heterocycles. The SMILES string of the molecule is NNc1c(CN(CCO)CC(F)F)cccc1[N+](=O)[O-]. The van der Waals surface area contributed by atoms with Crippen LogP contribution in [0.5, 0.6) is 0 Å². The zero-order valence-electron chi connectivity index (χ0n) is 10.6. The lowest BCUT2D eigenvalue weighted by atomic mass is 10.1. The van der Waals surface area contributed by atoms with Gasteiger partial charge in [-0.05, 0) is 5.56 Å². The van der Waals surface area contributed by atoms with Crippen LogP contribution in [0.1, 0.15) is 5.56 Å². The Labute approximate surface area is 114 Å². The second-order valence-corrected chi connectivity index (χ2v) is 4.06. The van der Waals surface area contributed by atoms with E-state index in [9.17, 15) is 18.9 Å². The number of benzene rings is 1. The van der Waals surface area contributed by atoms with Gasteiger partial charge in [-0.25, -0.2) is 8.78 Å². The van der Waals surface area contributed by atoms with E-state index in [0.29, 0.717) is 5.56 Å². The molecule has 0 heterocycles. The number of nitrogens with zero attached hydrogens (tertiary/aromatic N) is 2. The highest BCUT2D eigenvalue weighted by Gasteiger charge is 2.19. The number of anilines is 1. The Hall–Kier alpha value is -1.84. The van der Waals surface area contributed by atoms with Crippen LogP contribution in [0.3, 0.4) is 0 Å². The van der Waals surface area contributed by atoms with Crippen molar-refractivity contribution < 1.29 is 18.8 Å². The van der Waals surface area contributed by atoms with Crippen molar-refractivity contribution in [2.45, 2.75) is 13.0 Å². The maximum absolute atomic E-state index is 12.4. The van der Waals surface area contributed by atoms with Crippen molar-refractivity contribution in [3.63, 3.8) is 0 Å². The topological polar surface area (TPSA) is 105 Å². The number of nitro benzene ring substituents is 1. The van der Waals surface area contributed by atoms with Gasteiger partial charge in [0.05, 0.1) is 18.1 Å². The molecule has 4 N–H and O–H groups in total. The summed E-state index contributed by atoms with van der Waals surface area (Å²) in [6, 6.07) is 4.27. The number of hydrogen-bond donors (Lipinski definition) is 3. The van der Waals surface area contributed by atoms with Crippen LogP contribution < -0.4 is 11.3 Å². The zero-order chi connectivity index (χ0) is 15.1. The molecule has 0 radical (unpaired) electrons. The van der Waals surface area contributed by atoms with Crippen molar-refractivity contribution in [3.8, 4) is 0 Å². The Balaban J connectivity index is 2.99. The molecule has 1 aromatic carbocycles. The Morgan fingerprint density at radius 3 is 2.70 bits per heavy atom. The zero-order valence-corrected chi connectivity index (χ0v) is 10.6. The number of hydrogen-bond acceptors (Lipinski definition) is 6. The number of aliphatic hydroxyl groups is 1. The number of nitrogens with two attached hydrogens (primary N) is 1. The summed E-state index contributed by atoms with van der Waals surface area (Å²) in [5.41, 5.74) is 2.49. The monoisotopic (exact) mass is 290 g/mol. The Kier molecular flexibility index (Phi) is 6.22. The minimum absolute atomic E-state index is 0.0200. The highest BCUT2D eigenvalue weighted by atomic mass is 19.3. The van der Waals surface area contributed by atoms with E-state index in [1.165, 1.54) is 17.0 Å². The number of nitrogens with one attached hydrogen (secondary N) is 1. The van der Waals surface area contributed by atoms with E-state index in [1.54, 1.807) is 6.07 Å². The third-order valence-corrected chi connectivity index (χ3v) is 2.68. The summed E-state index contributed by atoms with van der Waals surface area (Å²) in [6.07, 6.45) is -2.56. The van der Waals surface area contributed by atoms with Gasteiger partial charge in [0.25, 0.3) is 12.1 Å². The summed E-state index contributed by atoms with van der Waals surface area (Å²) < 4.78 is 24.9. The molecule has 0 saturated carbocycles. The molecule has 0 aliphatic carbocycles. The summed E-state index contributed by atoms with van der Waals surface area (Å²) >= 11 is 0. The van der Waals surface area contributed by atoms with Gasteiger partial charge in [-0.3, -0.25) is 20.9 Å². The van der Waals surface area contributed by atoms with Crippen LogP contribution in [-0.4, -0.2) is 41.1 Å². The second-order valence-electron chi connectivity index (χ2n) is 4.06. The van der Waals surface area contributed by atoms with Gasteiger partial charge in [0.1, 0.15) is 5.69 Å². The van der Waals surface area contributed by atoms with Crippen LogP contribution in [0.2, 0.25) is 0 Å². The van der Waals surface area contributed by atoms with Crippen LogP contribution in [0, 0.1) is 10.1 Å². The van der Waals surface area contributed by atoms with Crippen molar-refractivity contribution >= 4 is 11.4 Å². The lowest BCUT2D eigenvalue weighted by Gasteiger charge is -2.22. The molecule has 0 unspecified atom stereocenters. The van der Waals surface area contributed by atoms with Gasteiger partial charge in [-0.2, -0.15) is 0 Å². The fourth-order valence-corrected chi connectivity index (χ4v) is 1.85. The van der Waals surface area contributed by atoms with Crippen LogP contribution in [0.4, 0.5) is 20.2 Å². The van der Waals surface area contributed by atoms with Crippen molar-refractivity contribution in [2.24, 2.45) is 5.84 Å². The highest BCUT2D eigenvalue weighted by molar-refractivity contribution is 5.65. The largest absolute Gasteiger partial charge is 0.395 e. The van der Waals surface area contributed by atoms with E-state index >= 15 is 0 Å². The van der Waals surface area contributed by atoms with Gasteiger partial charge >= 0.3 is 0 Å². The number of hydrazine groups is 1. The molecule has 1 aromatic rings. The molecule has 112 valence electrons. The minimum atomic E-state index is -2.56. The maximum Gasteiger partial charge on any atom is 0.293 e. The normalized spacial score (nSPS) is 11.1. The average molecular weight is 290 g/mol. The molecule has 7 nitrogen and oxygen atoms in total. The van der Waals surface area contributed by atoms with E-state index in [4.69, 9.17) is 10.9 Å². The summed E-state index contributed by atoms with van der Waals surface area (Å²) in [6.45, 7) is -0.760. The Morgan fingerprint density at radius 2 is 2.20 bits per heavy atom. The lowest BCUT2D eigenvalue weighted by Crippen LogP contribution is -2.31. The fourth-order valence-electron chi connectivity index (χ4n) is 1.85. The van der Waals surface area contributed by atoms with Crippen molar-refractivity contribution in [3.05, 3.63) is 33.9 Å².